The molecule has 0 spiro atoms. The Morgan fingerprint density at radius 2 is 1.49 bits per heavy atom. The minimum atomic E-state index is -0.263. The molecule has 7 rings (SSSR count). The van der Waals surface area contributed by atoms with Gasteiger partial charge in [0.25, 0.3) is 6.33 Å². The van der Waals surface area contributed by atoms with E-state index in [-0.39, 0.29) is 28.4 Å². The number of aliphatic hydroxyl groups is 1. The van der Waals surface area contributed by atoms with E-state index in [1.807, 2.05) is 0 Å². The number of hydrogen-bond acceptors (Lipinski definition) is 2. The van der Waals surface area contributed by atoms with E-state index in [0.29, 0.717) is 6.42 Å². The highest BCUT2D eigenvalue weighted by Crippen LogP contribution is 2.59. The molecule has 2 unspecified atom stereocenters. The van der Waals surface area contributed by atoms with Crippen LogP contribution in [-0.4, -0.2) is 16.7 Å². The molecule has 43 heavy (non-hydrogen) atoms. The number of benzene rings is 4. The minimum absolute atomic E-state index is 0.0669. The lowest BCUT2D eigenvalue weighted by Gasteiger charge is -2.51. The normalized spacial score (nSPS) is 21.9. The lowest BCUT2D eigenvalue weighted by Crippen LogP contribution is -2.69. The monoisotopic (exact) mass is 569 g/mol. The van der Waals surface area contributed by atoms with E-state index in [4.69, 9.17) is 4.98 Å². The second kappa shape index (κ2) is 9.22. The van der Waals surface area contributed by atoms with Gasteiger partial charge in [-0.05, 0) is 74.8 Å². The number of nitrogens with zero attached hydrogens (tertiary/aromatic N) is 2. The van der Waals surface area contributed by atoms with E-state index in [1.165, 1.54) is 60.6 Å². The fourth-order valence-corrected chi connectivity index (χ4v) is 8.88. The Labute approximate surface area is 256 Å². The van der Waals surface area contributed by atoms with Crippen molar-refractivity contribution in [1.82, 2.24) is 4.98 Å². The van der Waals surface area contributed by atoms with Gasteiger partial charge in [-0.15, -0.1) is 0 Å². The van der Waals surface area contributed by atoms with E-state index in [1.54, 1.807) is 0 Å². The number of hydrogen-bond donors (Lipinski definition) is 1. The molecule has 0 saturated carbocycles. The van der Waals surface area contributed by atoms with Gasteiger partial charge >= 0.3 is 0 Å². The average Bonchev–Trinajstić information content (AvgIpc) is 3.24. The summed E-state index contributed by atoms with van der Waals surface area (Å²) >= 11 is 0. The third kappa shape index (κ3) is 3.52. The highest BCUT2D eigenvalue weighted by Gasteiger charge is 2.58. The van der Waals surface area contributed by atoms with Crippen LogP contribution in [0.1, 0.15) is 96.9 Å². The molecule has 2 atom stereocenters. The fraction of sp³-hybridized carbons (Fsp3) is 0.400. The molecule has 5 aromatic rings. The molecule has 0 fully saturated rings. The molecule has 2 heterocycles. The van der Waals surface area contributed by atoms with Crippen molar-refractivity contribution < 1.29 is 9.67 Å². The summed E-state index contributed by atoms with van der Waals surface area (Å²) in [7, 11) is 0. The zero-order valence-electron chi connectivity index (χ0n) is 27.1. The average molecular weight is 570 g/mol. The molecule has 220 valence electrons. The van der Waals surface area contributed by atoms with Crippen LogP contribution in [0.3, 0.4) is 0 Å². The van der Waals surface area contributed by atoms with E-state index in [0.717, 1.165) is 18.5 Å². The highest BCUT2D eigenvalue weighted by molar-refractivity contribution is 6.05. The predicted octanol–water partition coefficient (Wildman–Crippen LogP) is 9.12. The summed E-state index contributed by atoms with van der Waals surface area (Å²) in [4.78, 5) is 5.36. The fourth-order valence-electron chi connectivity index (χ4n) is 8.88. The summed E-state index contributed by atoms with van der Waals surface area (Å²) in [5.41, 5.74) is 9.73. The SMILES string of the molecule is CCC1(CCO)c2ccc3cc(C(C)(C)C)ccc3c2-c2c3c(nc[n+]2C1(C)CC)-c1c(ccc2ccccc12)C3(C)C. The van der Waals surface area contributed by atoms with Crippen LogP contribution in [0.2, 0.25) is 0 Å². The number of aliphatic hydroxyl groups excluding tert-OH is 1. The third-order valence-electron chi connectivity index (χ3n) is 11.5. The second-order valence-electron chi connectivity index (χ2n) is 14.7. The van der Waals surface area contributed by atoms with Gasteiger partial charge < -0.3 is 5.11 Å². The van der Waals surface area contributed by atoms with Crippen LogP contribution in [0.15, 0.2) is 73.1 Å². The maximum absolute atomic E-state index is 10.6. The Bertz CT molecular complexity index is 1950. The van der Waals surface area contributed by atoms with Crippen LogP contribution in [0, 0.1) is 0 Å². The van der Waals surface area contributed by atoms with Gasteiger partial charge in [0.2, 0.25) is 0 Å². The molecular formula is C40H45N2O+. The number of rotatable bonds is 4. The summed E-state index contributed by atoms with van der Waals surface area (Å²) < 4.78 is 2.53. The van der Waals surface area contributed by atoms with Crippen LogP contribution in [-0.2, 0) is 21.8 Å². The molecule has 0 saturated heterocycles. The Morgan fingerprint density at radius 3 is 2.19 bits per heavy atom. The minimum Gasteiger partial charge on any atom is -0.396 e. The zero-order chi connectivity index (χ0) is 30.5. The van der Waals surface area contributed by atoms with Crippen LogP contribution in [0.5, 0.6) is 0 Å². The molecular weight excluding hydrogens is 524 g/mol. The van der Waals surface area contributed by atoms with Gasteiger partial charge in [-0.1, -0.05) is 115 Å². The van der Waals surface area contributed by atoms with Crippen LogP contribution in [0.4, 0.5) is 0 Å². The topological polar surface area (TPSA) is 37.0 Å². The molecule has 0 radical (unpaired) electrons. The maximum Gasteiger partial charge on any atom is 0.287 e. The summed E-state index contributed by atoms with van der Waals surface area (Å²) in [5.74, 6) is 0. The van der Waals surface area contributed by atoms with Gasteiger partial charge in [0.05, 0.1) is 5.56 Å². The van der Waals surface area contributed by atoms with E-state index in [9.17, 15) is 5.11 Å². The van der Waals surface area contributed by atoms with Gasteiger partial charge in [-0.3, -0.25) is 0 Å². The molecule has 3 nitrogen and oxygen atoms in total. The molecule has 1 aliphatic heterocycles. The number of fused-ring (bicyclic) bond motifs is 11. The van der Waals surface area contributed by atoms with E-state index in [2.05, 4.69) is 133 Å². The molecule has 1 aromatic heterocycles. The quantitative estimate of drug-likeness (QED) is 0.219. The van der Waals surface area contributed by atoms with Crippen molar-refractivity contribution in [2.24, 2.45) is 0 Å². The van der Waals surface area contributed by atoms with Crippen LogP contribution >= 0.6 is 0 Å². The van der Waals surface area contributed by atoms with Gasteiger partial charge in [0.1, 0.15) is 11.2 Å². The zero-order valence-corrected chi connectivity index (χ0v) is 27.1. The lowest BCUT2D eigenvalue weighted by atomic mass is 9.57. The van der Waals surface area contributed by atoms with Gasteiger partial charge in [0.15, 0.2) is 5.69 Å². The first-order chi connectivity index (χ1) is 20.4. The van der Waals surface area contributed by atoms with Crippen LogP contribution < -0.4 is 4.57 Å². The Morgan fingerprint density at radius 1 is 0.791 bits per heavy atom. The Hall–Kier alpha value is -3.56. The molecule has 0 amide bonds. The standard InChI is InChI=1S/C40H45N2O/c1-9-39(8)40(10-2,21-22-43)31-20-16-26-23-27(37(3,4)5)17-18-29(26)33(31)36-34-35(41-24-42(36)39)32-28-14-12-11-13-25(28)15-19-30(32)38(34,6)7/h11-20,23-24,43H,9-10,21-22H2,1-8H3/q+1. The first-order valence-corrected chi connectivity index (χ1v) is 16.1. The first kappa shape index (κ1) is 28.2. The summed E-state index contributed by atoms with van der Waals surface area (Å²) in [6.45, 7) is 18.8. The smallest absolute Gasteiger partial charge is 0.287 e. The molecule has 0 bridgehead atoms. The summed E-state index contributed by atoms with van der Waals surface area (Å²) in [6.07, 6.45) is 4.73. The molecule has 1 aliphatic carbocycles. The Kier molecular flexibility index (Phi) is 6.05. The van der Waals surface area contributed by atoms with Gasteiger partial charge in [0, 0.05) is 28.6 Å². The molecule has 3 heteroatoms. The lowest BCUT2D eigenvalue weighted by molar-refractivity contribution is -0.768. The van der Waals surface area contributed by atoms with Crippen molar-refractivity contribution in [3.05, 3.63) is 95.3 Å². The van der Waals surface area contributed by atoms with Crippen molar-refractivity contribution in [3.8, 4) is 22.5 Å². The van der Waals surface area contributed by atoms with Crippen molar-refractivity contribution in [2.45, 2.75) is 96.4 Å². The summed E-state index contributed by atoms with van der Waals surface area (Å²) in [5, 5.41) is 15.7. The van der Waals surface area contributed by atoms with Crippen LogP contribution in [0.25, 0.3) is 44.1 Å². The van der Waals surface area contributed by atoms with Crippen molar-refractivity contribution in [3.63, 3.8) is 0 Å². The van der Waals surface area contributed by atoms with E-state index < -0.39 is 0 Å². The highest BCUT2D eigenvalue weighted by atomic mass is 16.3. The van der Waals surface area contributed by atoms with Crippen molar-refractivity contribution in [1.29, 1.82) is 0 Å². The van der Waals surface area contributed by atoms with Gasteiger partial charge in [-0.25, -0.2) is 4.57 Å². The third-order valence-corrected chi connectivity index (χ3v) is 11.5. The predicted molar refractivity (Wildman–Crippen MR) is 179 cm³/mol. The number of aromatic nitrogens is 2. The second-order valence-corrected chi connectivity index (χ2v) is 14.7. The molecule has 2 aliphatic rings. The molecule has 1 N–H and O–H groups in total. The largest absolute Gasteiger partial charge is 0.396 e. The van der Waals surface area contributed by atoms with Crippen molar-refractivity contribution >= 4 is 21.5 Å². The molecule has 4 aromatic carbocycles. The summed E-state index contributed by atoms with van der Waals surface area (Å²) in [6, 6.07) is 25.2. The first-order valence-electron chi connectivity index (χ1n) is 16.1. The van der Waals surface area contributed by atoms with Gasteiger partial charge in [-0.2, -0.15) is 0 Å². The van der Waals surface area contributed by atoms with E-state index >= 15 is 0 Å². The maximum atomic E-state index is 10.6. The van der Waals surface area contributed by atoms with Crippen molar-refractivity contribution in [2.75, 3.05) is 6.61 Å². The Balaban J connectivity index is 1.67.